The fourth-order valence-corrected chi connectivity index (χ4v) is 2.54. The van der Waals surface area contributed by atoms with Crippen LogP contribution < -0.4 is 19.5 Å². The van der Waals surface area contributed by atoms with Gasteiger partial charge in [0.1, 0.15) is 5.75 Å². The minimum absolute atomic E-state index is 0.324. The maximum Gasteiger partial charge on any atom is 0.259 e. The molecule has 0 aliphatic carbocycles. The molecule has 6 heteroatoms. The highest BCUT2D eigenvalue weighted by Gasteiger charge is 2.18. The molecule has 3 rings (SSSR count). The van der Waals surface area contributed by atoms with Crippen molar-refractivity contribution in [3.05, 3.63) is 54.2 Å². The number of ether oxygens (including phenoxy) is 3. The van der Waals surface area contributed by atoms with Gasteiger partial charge in [0, 0.05) is 17.5 Å². The van der Waals surface area contributed by atoms with Crippen LogP contribution in [0.4, 0.5) is 5.69 Å². The first-order valence-electron chi connectivity index (χ1n) is 7.62. The lowest BCUT2D eigenvalue weighted by Gasteiger charge is -2.14. The van der Waals surface area contributed by atoms with Crippen LogP contribution in [0.15, 0.2) is 48.7 Å². The van der Waals surface area contributed by atoms with Gasteiger partial charge in [0.25, 0.3) is 5.91 Å². The number of carbonyl (C=O) groups excluding carboxylic acids is 1. The van der Waals surface area contributed by atoms with Crippen molar-refractivity contribution < 1.29 is 19.0 Å². The summed E-state index contributed by atoms with van der Waals surface area (Å²) in [5, 5.41) is 3.78. The quantitative estimate of drug-likeness (QED) is 0.771. The van der Waals surface area contributed by atoms with Crippen molar-refractivity contribution in [1.29, 1.82) is 0 Å². The van der Waals surface area contributed by atoms with E-state index in [0.717, 1.165) is 10.9 Å². The number of methoxy groups -OCH3 is 3. The fourth-order valence-electron chi connectivity index (χ4n) is 2.54. The zero-order chi connectivity index (χ0) is 17.8. The number of nitrogens with one attached hydrogen (secondary N) is 1. The monoisotopic (exact) mass is 338 g/mol. The van der Waals surface area contributed by atoms with E-state index in [4.69, 9.17) is 14.2 Å². The summed E-state index contributed by atoms with van der Waals surface area (Å²) in [6.45, 7) is 0. The molecule has 0 atom stereocenters. The normalized spacial score (nSPS) is 10.4. The molecule has 0 unspecified atom stereocenters. The van der Waals surface area contributed by atoms with Crippen LogP contribution in [0.1, 0.15) is 10.4 Å². The maximum absolute atomic E-state index is 12.7. The van der Waals surface area contributed by atoms with Crippen LogP contribution in [-0.4, -0.2) is 32.2 Å². The van der Waals surface area contributed by atoms with E-state index in [0.29, 0.717) is 28.5 Å². The summed E-state index contributed by atoms with van der Waals surface area (Å²) in [5.41, 5.74) is 1.80. The average Bonchev–Trinajstić information content (AvgIpc) is 2.66. The van der Waals surface area contributed by atoms with Gasteiger partial charge in [-0.25, -0.2) is 0 Å². The molecule has 0 radical (unpaired) electrons. The number of fused-ring (bicyclic) bond motifs is 1. The van der Waals surface area contributed by atoms with Crippen LogP contribution >= 0.6 is 0 Å². The number of hydrogen-bond acceptors (Lipinski definition) is 5. The van der Waals surface area contributed by atoms with Crippen molar-refractivity contribution in [3.63, 3.8) is 0 Å². The molecule has 1 heterocycles. The van der Waals surface area contributed by atoms with Gasteiger partial charge in [-0.3, -0.25) is 9.78 Å². The van der Waals surface area contributed by atoms with Crippen LogP contribution in [0.5, 0.6) is 17.2 Å². The van der Waals surface area contributed by atoms with E-state index >= 15 is 0 Å². The Morgan fingerprint density at radius 2 is 1.60 bits per heavy atom. The Hall–Kier alpha value is -3.28. The third-order valence-corrected chi connectivity index (χ3v) is 3.80. The fraction of sp³-hybridized carbons (Fsp3) is 0.158. The number of hydrogen-bond donors (Lipinski definition) is 1. The van der Waals surface area contributed by atoms with Gasteiger partial charge >= 0.3 is 0 Å². The van der Waals surface area contributed by atoms with E-state index in [2.05, 4.69) is 10.3 Å². The van der Waals surface area contributed by atoms with Crippen molar-refractivity contribution in [3.8, 4) is 17.2 Å². The molecular weight excluding hydrogens is 320 g/mol. The molecule has 6 nitrogen and oxygen atoms in total. The van der Waals surface area contributed by atoms with E-state index in [1.165, 1.54) is 21.3 Å². The molecule has 1 aromatic heterocycles. The zero-order valence-electron chi connectivity index (χ0n) is 14.2. The van der Waals surface area contributed by atoms with Crippen molar-refractivity contribution in [1.82, 2.24) is 4.98 Å². The minimum atomic E-state index is -0.324. The first-order valence-corrected chi connectivity index (χ1v) is 7.62. The Morgan fingerprint density at radius 1 is 0.920 bits per heavy atom. The second-order valence-electron chi connectivity index (χ2n) is 5.28. The largest absolute Gasteiger partial charge is 0.496 e. The molecule has 0 fully saturated rings. The molecule has 128 valence electrons. The summed E-state index contributed by atoms with van der Waals surface area (Å²) in [7, 11) is 4.53. The van der Waals surface area contributed by atoms with E-state index in [9.17, 15) is 4.79 Å². The summed E-state index contributed by atoms with van der Waals surface area (Å²) < 4.78 is 15.8. The second-order valence-corrected chi connectivity index (χ2v) is 5.28. The maximum atomic E-state index is 12.7. The lowest BCUT2D eigenvalue weighted by atomic mass is 10.1. The lowest BCUT2D eigenvalue weighted by molar-refractivity contribution is 0.102. The number of carbonyl (C=O) groups is 1. The molecule has 0 aliphatic heterocycles. The van der Waals surface area contributed by atoms with Crippen LogP contribution in [0.2, 0.25) is 0 Å². The minimum Gasteiger partial charge on any atom is -0.496 e. The van der Waals surface area contributed by atoms with E-state index in [1.807, 2.05) is 30.3 Å². The third kappa shape index (κ3) is 3.33. The molecule has 0 saturated heterocycles. The number of pyridine rings is 1. The topological polar surface area (TPSA) is 69.7 Å². The molecule has 0 saturated carbocycles. The molecule has 0 spiro atoms. The Labute approximate surface area is 145 Å². The van der Waals surface area contributed by atoms with Gasteiger partial charge in [0.2, 0.25) is 0 Å². The van der Waals surface area contributed by atoms with Crippen LogP contribution in [0.3, 0.4) is 0 Å². The standard InChI is InChI=1S/C19H18N2O4/c1-23-16-10-18(25-3)17(24-2)9-14(16)19(22)21-13-8-12-6-4-5-7-15(12)20-11-13/h4-11H,1-3H3,(H,21,22). The van der Waals surface area contributed by atoms with Gasteiger partial charge in [0.15, 0.2) is 11.5 Å². The molecule has 1 amide bonds. The predicted octanol–water partition coefficient (Wildman–Crippen LogP) is 3.51. The SMILES string of the molecule is COc1cc(OC)c(C(=O)Nc2cnc3ccccc3c2)cc1OC. The second kappa shape index (κ2) is 7.09. The van der Waals surface area contributed by atoms with E-state index in [1.54, 1.807) is 18.3 Å². The van der Waals surface area contributed by atoms with Crippen LogP contribution in [0.25, 0.3) is 10.9 Å². The van der Waals surface area contributed by atoms with Crippen molar-refractivity contribution in [2.75, 3.05) is 26.6 Å². The Bertz CT molecular complexity index is 924. The summed E-state index contributed by atoms with van der Waals surface area (Å²) in [4.78, 5) is 17.0. The van der Waals surface area contributed by atoms with Gasteiger partial charge < -0.3 is 19.5 Å². The molecule has 1 N–H and O–H groups in total. The van der Waals surface area contributed by atoms with Gasteiger partial charge in [-0.15, -0.1) is 0 Å². The highest BCUT2D eigenvalue weighted by atomic mass is 16.5. The number of nitrogens with zero attached hydrogens (tertiary/aromatic N) is 1. The summed E-state index contributed by atoms with van der Waals surface area (Å²) in [6.07, 6.45) is 1.62. The summed E-state index contributed by atoms with van der Waals surface area (Å²) in [6, 6.07) is 12.8. The molecule has 0 aliphatic rings. The van der Waals surface area contributed by atoms with E-state index < -0.39 is 0 Å². The van der Waals surface area contributed by atoms with Crippen molar-refractivity contribution in [2.45, 2.75) is 0 Å². The number of amides is 1. The number of rotatable bonds is 5. The molecule has 3 aromatic rings. The van der Waals surface area contributed by atoms with Crippen LogP contribution in [0, 0.1) is 0 Å². The Morgan fingerprint density at radius 3 is 2.32 bits per heavy atom. The highest BCUT2D eigenvalue weighted by Crippen LogP contribution is 2.35. The number of benzene rings is 2. The Kier molecular flexibility index (Phi) is 4.70. The molecule has 25 heavy (non-hydrogen) atoms. The average molecular weight is 338 g/mol. The summed E-state index contributed by atoms with van der Waals surface area (Å²) in [5.74, 6) is 1.01. The van der Waals surface area contributed by atoms with Crippen LogP contribution in [-0.2, 0) is 0 Å². The first-order chi connectivity index (χ1) is 12.2. The number of aromatic nitrogens is 1. The lowest BCUT2D eigenvalue weighted by Crippen LogP contribution is -2.14. The van der Waals surface area contributed by atoms with Gasteiger partial charge in [-0.2, -0.15) is 0 Å². The molecule has 2 aromatic carbocycles. The molecule has 0 bridgehead atoms. The first kappa shape index (κ1) is 16.6. The van der Waals surface area contributed by atoms with E-state index in [-0.39, 0.29) is 5.91 Å². The van der Waals surface area contributed by atoms with Gasteiger partial charge in [-0.1, -0.05) is 18.2 Å². The zero-order valence-corrected chi connectivity index (χ0v) is 14.2. The number of anilines is 1. The Balaban J connectivity index is 1.93. The molecular formula is C19H18N2O4. The predicted molar refractivity (Wildman–Crippen MR) is 95.8 cm³/mol. The smallest absolute Gasteiger partial charge is 0.259 e. The third-order valence-electron chi connectivity index (χ3n) is 3.80. The highest BCUT2D eigenvalue weighted by molar-refractivity contribution is 6.07. The van der Waals surface area contributed by atoms with Crippen molar-refractivity contribution in [2.24, 2.45) is 0 Å². The van der Waals surface area contributed by atoms with Gasteiger partial charge in [-0.05, 0) is 12.1 Å². The number of para-hydroxylation sites is 1. The van der Waals surface area contributed by atoms with Crippen molar-refractivity contribution >= 4 is 22.5 Å². The van der Waals surface area contributed by atoms with Gasteiger partial charge in [0.05, 0.1) is 44.3 Å². The summed E-state index contributed by atoms with van der Waals surface area (Å²) >= 11 is 0.